The highest BCUT2D eigenvalue weighted by molar-refractivity contribution is 5.61. The number of aliphatic imine (C=N–C) groups is 1. The Morgan fingerprint density at radius 1 is 1.67 bits per heavy atom. The van der Waals surface area contributed by atoms with E-state index >= 15 is 0 Å². The topological polar surface area (TPSA) is 41.6 Å². The zero-order valence-corrected chi connectivity index (χ0v) is 9.28. The van der Waals surface area contributed by atoms with Gasteiger partial charge in [-0.15, -0.1) is 0 Å². The quantitative estimate of drug-likeness (QED) is 0.317. The molecule has 0 aliphatic heterocycles. The van der Waals surface area contributed by atoms with E-state index in [0.717, 1.165) is 23.7 Å². The van der Waals surface area contributed by atoms with Crippen LogP contribution in [0.1, 0.15) is 20.3 Å². The van der Waals surface area contributed by atoms with Crippen LogP contribution in [0, 0.1) is 5.92 Å². The number of nitrogens with two attached hydrogens (primary N) is 1. The number of hydrazine groups is 1. The molecule has 0 aliphatic carbocycles. The molecule has 15 heavy (non-hydrogen) atoms. The minimum Gasteiger partial charge on any atom is -0.267 e. The Kier molecular flexibility index (Phi) is 6.29. The number of halogens is 1. The first-order valence-electron chi connectivity index (χ1n) is 4.78. The zero-order chi connectivity index (χ0) is 11.8. The normalized spacial score (nSPS) is 14.0. The molecule has 3 nitrogen and oxygen atoms in total. The molecular weight excluding hydrogens is 193 g/mol. The Labute approximate surface area is 90.5 Å². The lowest BCUT2D eigenvalue weighted by molar-refractivity contribution is 0.469. The summed E-state index contributed by atoms with van der Waals surface area (Å²) in [4.78, 5) is 4.02. The molecule has 0 saturated heterocycles. The summed E-state index contributed by atoms with van der Waals surface area (Å²) in [5.74, 6) is 5.58. The van der Waals surface area contributed by atoms with Gasteiger partial charge in [-0.1, -0.05) is 27.0 Å². The highest BCUT2D eigenvalue weighted by atomic mass is 19.1. The summed E-state index contributed by atoms with van der Waals surface area (Å²) in [6.07, 6.45) is 4.86. The van der Waals surface area contributed by atoms with Crippen LogP contribution in [0.4, 0.5) is 4.39 Å². The van der Waals surface area contributed by atoms with Gasteiger partial charge in [0.25, 0.3) is 0 Å². The van der Waals surface area contributed by atoms with Crippen molar-refractivity contribution in [2.75, 3.05) is 0 Å². The average molecular weight is 211 g/mol. The van der Waals surface area contributed by atoms with Gasteiger partial charge in [0.15, 0.2) is 0 Å². The molecule has 1 atom stereocenters. The first-order chi connectivity index (χ1) is 7.01. The van der Waals surface area contributed by atoms with E-state index in [0.29, 0.717) is 5.92 Å². The van der Waals surface area contributed by atoms with Crippen LogP contribution < -0.4 is 5.84 Å². The lowest BCUT2D eigenvalue weighted by Crippen LogP contribution is -2.23. The van der Waals surface area contributed by atoms with Crippen LogP contribution in [-0.2, 0) is 0 Å². The van der Waals surface area contributed by atoms with Gasteiger partial charge in [-0.3, -0.25) is 5.01 Å². The number of allylic oxidation sites excluding steroid dienone is 2. The molecule has 0 saturated carbocycles. The third-order valence-corrected chi connectivity index (χ3v) is 1.88. The van der Waals surface area contributed by atoms with Gasteiger partial charge < -0.3 is 0 Å². The summed E-state index contributed by atoms with van der Waals surface area (Å²) in [6.45, 7) is 11.0. The third-order valence-electron chi connectivity index (χ3n) is 1.88. The zero-order valence-electron chi connectivity index (χ0n) is 9.28. The maximum absolute atomic E-state index is 12.7. The standard InChI is InChI=1S/C11H18FN3/c1-5-9(3)7-14-10(4)15(13)8-11(12)6-2/h6-9H,2,4-5,13H2,1,3H3/b11-8+,14-7-. The number of hydrogen-bond donors (Lipinski definition) is 1. The molecule has 0 aromatic carbocycles. The van der Waals surface area contributed by atoms with Gasteiger partial charge in [-0.25, -0.2) is 15.2 Å². The molecule has 0 aromatic heterocycles. The summed E-state index contributed by atoms with van der Waals surface area (Å²) in [5, 5.41) is 1.02. The Bertz CT molecular complexity index is 282. The Balaban J connectivity index is 4.34. The molecule has 0 aromatic rings. The monoisotopic (exact) mass is 211 g/mol. The molecule has 0 rings (SSSR count). The first-order valence-corrected chi connectivity index (χ1v) is 4.78. The predicted octanol–water partition coefficient (Wildman–Crippen LogP) is 2.75. The van der Waals surface area contributed by atoms with Crippen molar-refractivity contribution in [1.82, 2.24) is 5.01 Å². The molecule has 0 bridgehead atoms. The second-order valence-corrected chi connectivity index (χ2v) is 3.21. The third kappa shape index (κ3) is 5.80. The van der Waals surface area contributed by atoms with Crippen LogP contribution in [0.15, 0.2) is 42.1 Å². The van der Waals surface area contributed by atoms with E-state index in [4.69, 9.17) is 5.84 Å². The van der Waals surface area contributed by atoms with Crippen molar-refractivity contribution in [3.05, 3.63) is 37.1 Å². The minimum absolute atomic E-state index is 0.285. The fraction of sp³-hybridized carbons (Fsp3) is 0.364. The van der Waals surface area contributed by atoms with Crippen molar-refractivity contribution in [2.24, 2.45) is 16.8 Å². The van der Waals surface area contributed by atoms with Gasteiger partial charge in [0.2, 0.25) is 0 Å². The van der Waals surface area contributed by atoms with Crippen molar-refractivity contribution in [3.8, 4) is 0 Å². The van der Waals surface area contributed by atoms with E-state index < -0.39 is 5.83 Å². The summed E-state index contributed by atoms with van der Waals surface area (Å²) >= 11 is 0. The second-order valence-electron chi connectivity index (χ2n) is 3.21. The summed E-state index contributed by atoms with van der Waals surface area (Å²) in [7, 11) is 0. The number of rotatable bonds is 6. The molecule has 2 N–H and O–H groups in total. The van der Waals surface area contributed by atoms with Crippen LogP contribution >= 0.6 is 0 Å². The average Bonchev–Trinajstić information content (AvgIpc) is 2.24. The van der Waals surface area contributed by atoms with E-state index in [-0.39, 0.29) is 5.82 Å². The SMILES string of the molecule is C=C/C(F)=C\N(N)C(=C)/N=C\C(C)CC. The van der Waals surface area contributed by atoms with Crippen LogP contribution in [-0.4, -0.2) is 11.2 Å². The lowest BCUT2D eigenvalue weighted by Gasteiger charge is -2.12. The van der Waals surface area contributed by atoms with Gasteiger partial charge in [0.05, 0.1) is 6.20 Å². The van der Waals surface area contributed by atoms with E-state index in [1.54, 1.807) is 6.21 Å². The molecule has 1 unspecified atom stereocenters. The summed E-state index contributed by atoms with van der Waals surface area (Å²) < 4.78 is 12.7. The highest BCUT2D eigenvalue weighted by Crippen LogP contribution is 2.05. The first kappa shape index (κ1) is 13.6. The predicted molar refractivity (Wildman–Crippen MR) is 62.5 cm³/mol. The fourth-order valence-corrected chi connectivity index (χ4v) is 0.645. The number of nitrogens with zero attached hydrogens (tertiary/aromatic N) is 2. The Morgan fingerprint density at radius 2 is 2.27 bits per heavy atom. The van der Waals surface area contributed by atoms with Crippen LogP contribution in [0.2, 0.25) is 0 Å². The largest absolute Gasteiger partial charge is 0.267 e. The van der Waals surface area contributed by atoms with E-state index in [1.165, 1.54) is 0 Å². The highest BCUT2D eigenvalue weighted by Gasteiger charge is 1.99. The minimum atomic E-state index is -0.530. The summed E-state index contributed by atoms with van der Waals surface area (Å²) in [5.41, 5.74) is 0. The van der Waals surface area contributed by atoms with Crippen molar-refractivity contribution in [2.45, 2.75) is 20.3 Å². The van der Waals surface area contributed by atoms with Crippen LogP contribution in [0.25, 0.3) is 0 Å². The van der Waals surface area contributed by atoms with Crippen molar-refractivity contribution in [3.63, 3.8) is 0 Å². The molecule has 0 amide bonds. The lowest BCUT2D eigenvalue weighted by atomic mass is 10.1. The van der Waals surface area contributed by atoms with E-state index in [2.05, 4.69) is 25.1 Å². The number of hydrogen-bond acceptors (Lipinski definition) is 3. The van der Waals surface area contributed by atoms with Crippen LogP contribution in [0.5, 0.6) is 0 Å². The molecule has 4 heteroatoms. The molecule has 0 heterocycles. The van der Waals surface area contributed by atoms with E-state index in [1.807, 2.05) is 6.92 Å². The van der Waals surface area contributed by atoms with Crippen LogP contribution in [0.3, 0.4) is 0 Å². The fourth-order valence-electron chi connectivity index (χ4n) is 0.645. The van der Waals surface area contributed by atoms with Gasteiger partial charge in [-0.05, 0) is 18.4 Å². The maximum atomic E-state index is 12.7. The molecule has 0 aliphatic rings. The molecule has 0 radical (unpaired) electrons. The second kappa shape index (κ2) is 6.95. The molecule has 0 spiro atoms. The summed E-state index contributed by atoms with van der Waals surface area (Å²) in [6, 6.07) is 0. The Morgan fingerprint density at radius 3 is 2.73 bits per heavy atom. The van der Waals surface area contributed by atoms with Crippen molar-refractivity contribution < 1.29 is 4.39 Å². The molecule has 0 fully saturated rings. The van der Waals surface area contributed by atoms with Crippen molar-refractivity contribution >= 4 is 6.21 Å². The van der Waals surface area contributed by atoms with Gasteiger partial charge in [0.1, 0.15) is 11.6 Å². The molecular formula is C11H18FN3. The van der Waals surface area contributed by atoms with Crippen molar-refractivity contribution in [1.29, 1.82) is 0 Å². The van der Waals surface area contributed by atoms with Gasteiger partial charge >= 0.3 is 0 Å². The van der Waals surface area contributed by atoms with Gasteiger partial charge in [0, 0.05) is 6.21 Å². The molecule has 84 valence electrons. The van der Waals surface area contributed by atoms with Gasteiger partial charge in [-0.2, -0.15) is 0 Å². The Hall–Kier alpha value is -1.42. The smallest absolute Gasteiger partial charge is 0.140 e. The van der Waals surface area contributed by atoms with E-state index in [9.17, 15) is 4.39 Å². The maximum Gasteiger partial charge on any atom is 0.140 e.